The van der Waals surface area contributed by atoms with E-state index in [4.69, 9.17) is 9.84 Å². The Labute approximate surface area is 89.8 Å². The minimum absolute atomic E-state index is 0.397. The Morgan fingerprint density at radius 1 is 1.40 bits per heavy atom. The van der Waals surface area contributed by atoms with Crippen molar-refractivity contribution in [2.45, 2.75) is 52.2 Å². The van der Waals surface area contributed by atoms with Gasteiger partial charge in [0.25, 0.3) is 0 Å². The van der Waals surface area contributed by atoms with Gasteiger partial charge in [0.2, 0.25) is 0 Å². The molecule has 0 rings (SSSR count). The summed E-state index contributed by atoms with van der Waals surface area (Å²) in [4.78, 5) is 22.0. The molecule has 0 aliphatic carbocycles. The molecule has 0 aliphatic rings. The summed E-state index contributed by atoms with van der Waals surface area (Å²) < 4.78 is 4.95. The number of aliphatic carboxylic acids is 1. The Morgan fingerprint density at radius 3 is 2.27 bits per heavy atom. The summed E-state index contributed by atoms with van der Waals surface area (Å²) in [5.74, 6) is -1.04. The summed E-state index contributed by atoms with van der Waals surface area (Å²) in [5, 5.41) is 11.1. The summed E-state index contributed by atoms with van der Waals surface area (Å²) in [6.45, 7) is 7.03. The molecule has 0 saturated carbocycles. The number of carbonyl (C=O) groups excluding carboxylic acids is 1. The fourth-order valence-electron chi connectivity index (χ4n) is 0.996. The Hall–Kier alpha value is -1.26. The molecule has 5 nitrogen and oxygen atoms in total. The predicted molar refractivity (Wildman–Crippen MR) is 55.7 cm³/mol. The summed E-state index contributed by atoms with van der Waals surface area (Å²) >= 11 is 0. The second-order valence-electron chi connectivity index (χ2n) is 4.33. The van der Waals surface area contributed by atoms with E-state index in [-0.39, 0.29) is 0 Å². The van der Waals surface area contributed by atoms with E-state index in [0.29, 0.717) is 12.8 Å². The largest absolute Gasteiger partial charge is 0.480 e. The maximum Gasteiger partial charge on any atom is 0.408 e. The normalized spacial score (nSPS) is 13.1. The van der Waals surface area contributed by atoms with Crippen LogP contribution >= 0.6 is 0 Å². The van der Waals surface area contributed by atoms with Crippen LogP contribution in [-0.4, -0.2) is 28.8 Å². The number of ether oxygens (including phenoxy) is 1. The summed E-state index contributed by atoms with van der Waals surface area (Å²) in [6.07, 6.45) is 0.393. The molecule has 88 valence electrons. The monoisotopic (exact) mass is 219 g/mol. The lowest BCUT2D eigenvalue weighted by Crippen LogP contribution is -2.43. The van der Waals surface area contributed by atoms with Gasteiger partial charge in [-0.3, -0.25) is 0 Å². The second kappa shape index (κ2) is 5.58. The number of carboxylic acid groups (broad SMARTS) is 1. The first kappa shape index (κ1) is 13.7. The lowest BCUT2D eigenvalue weighted by atomic mass is 10.2. The minimum Gasteiger partial charge on any atom is -0.480 e. The van der Waals surface area contributed by atoms with Crippen LogP contribution in [0, 0.1) is 0 Å². The van der Waals surface area contributed by atoms with Crippen molar-refractivity contribution in [1.29, 1.82) is 0 Å². The van der Waals surface area contributed by atoms with Crippen molar-refractivity contribution in [3.63, 3.8) is 0 Å². The van der Waals surface area contributed by atoms with Crippen molar-refractivity contribution in [3.8, 4) is 0 Å². The standard InChI is InChI=1S/C10H19NO4/c1-5-6-7(8(12)13)11-9(14)15-10(2,3)4/h7H,5-6H2,1-4H3,(H,11,14)(H,12,13)/t7-/m1/s1/i6+1,11+1. The lowest BCUT2D eigenvalue weighted by Gasteiger charge is -2.21. The number of nitrogens with one attached hydrogen (secondary N) is 1. The summed E-state index contributed by atoms with van der Waals surface area (Å²) in [6, 6.07) is -0.871. The highest BCUT2D eigenvalue weighted by molar-refractivity contribution is 5.79. The van der Waals surface area contributed by atoms with Gasteiger partial charge in [0.05, 0.1) is 0 Å². The van der Waals surface area contributed by atoms with Crippen molar-refractivity contribution in [3.05, 3.63) is 0 Å². The molecule has 0 aliphatic heterocycles. The van der Waals surface area contributed by atoms with Gasteiger partial charge in [-0.25, -0.2) is 9.59 Å². The minimum atomic E-state index is -1.04. The molecule has 0 aromatic carbocycles. The number of hydrogen-bond acceptors (Lipinski definition) is 3. The van der Waals surface area contributed by atoms with Gasteiger partial charge in [-0.2, -0.15) is 0 Å². The van der Waals surface area contributed by atoms with Crippen LogP contribution in [-0.2, 0) is 9.53 Å². The van der Waals surface area contributed by atoms with Gasteiger partial charge in [0.1, 0.15) is 11.6 Å². The first-order valence-corrected chi connectivity index (χ1v) is 4.98. The fraction of sp³-hybridized carbons (Fsp3) is 0.800. The van der Waals surface area contributed by atoms with E-state index < -0.39 is 23.7 Å². The van der Waals surface area contributed by atoms with Crippen molar-refractivity contribution in [2.75, 3.05) is 0 Å². The molecule has 0 bridgehead atoms. The Morgan fingerprint density at radius 2 is 1.93 bits per heavy atom. The van der Waals surface area contributed by atoms with Crippen LogP contribution < -0.4 is 5.32 Å². The molecule has 2 N–H and O–H groups in total. The van der Waals surface area contributed by atoms with Crippen LogP contribution in [0.25, 0.3) is 0 Å². The number of carboxylic acids is 1. The third-order valence-electron chi connectivity index (χ3n) is 1.57. The molecule has 0 fully saturated rings. The highest BCUT2D eigenvalue weighted by Gasteiger charge is 2.22. The molecule has 15 heavy (non-hydrogen) atoms. The van der Waals surface area contributed by atoms with Gasteiger partial charge in [-0.1, -0.05) is 13.3 Å². The highest BCUT2D eigenvalue weighted by atomic mass is 16.6. The van der Waals surface area contributed by atoms with Gasteiger partial charge in [-0.15, -0.1) is 0 Å². The van der Waals surface area contributed by atoms with Crippen molar-refractivity contribution in [2.24, 2.45) is 0 Å². The number of alkyl carbamates (subject to hydrolysis) is 1. The molecule has 5 heteroatoms. The van der Waals surface area contributed by atoms with Crippen molar-refractivity contribution in [1.82, 2.24) is 5.32 Å². The smallest absolute Gasteiger partial charge is 0.408 e. The molecular weight excluding hydrogens is 200 g/mol. The molecule has 0 radical (unpaired) electrons. The molecule has 0 aromatic rings. The number of hydrogen-bond donors (Lipinski definition) is 2. The molecule has 1 amide bonds. The van der Waals surface area contributed by atoms with Crippen LogP contribution in [0.15, 0.2) is 0 Å². The fourth-order valence-corrected chi connectivity index (χ4v) is 0.996. The van der Waals surface area contributed by atoms with Crippen LogP contribution in [0.1, 0.15) is 40.5 Å². The Balaban J connectivity index is 4.18. The van der Waals surface area contributed by atoms with Crippen LogP contribution in [0.4, 0.5) is 4.79 Å². The maximum absolute atomic E-state index is 11.3. The first-order chi connectivity index (χ1) is 6.76. The Kier molecular flexibility index (Phi) is 5.11. The second-order valence-corrected chi connectivity index (χ2v) is 4.33. The average Bonchev–Trinajstić information content (AvgIpc) is 1.99. The van der Waals surface area contributed by atoms with Gasteiger partial charge in [0.15, 0.2) is 0 Å². The molecule has 0 aromatic heterocycles. The van der Waals surface area contributed by atoms with E-state index in [1.54, 1.807) is 20.8 Å². The SMILES string of the molecule is CC[13CH2][C@@H]([15NH]C(=O)OC(C)(C)C)C(=O)O. The van der Waals surface area contributed by atoms with E-state index in [1.807, 2.05) is 6.92 Å². The molecule has 0 spiro atoms. The zero-order valence-electron chi connectivity index (χ0n) is 9.66. The number of rotatable bonds is 4. The van der Waals surface area contributed by atoms with Crippen LogP contribution in [0.3, 0.4) is 0 Å². The highest BCUT2D eigenvalue weighted by Crippen LogP contribution is 2.07. The quantitative estimate of drug-likeness (QED) is 0.558. The van der Waals surface area contributed by atoms with Gasteiger partial charge in [0, 0.05) is 0 Å². The van der Waals surface area contributed by atoms with Crippen molar-refractivity contribution >= 4 is 12.1 Å². The average molecular weight is 219 g/mol. The van der Waals surface area contributed by atoms with E-state index in [0.717, 1.165) is 0 Å². The molecular formula is C10H19NO4. The van der Waals surface area contributed by atoms with Gasteiger partial charge < -0.3 is 15.2 Å². The molecule has 0 heterocycles. The van der Waals surface area contributed by atoms with Gasteiger partial charge >= 0.3 is 12.1 Å². The predicted octanol–water partition coefficient (Wildman–Crippen LogP) is 1.76. The zero-order chi connectivity index (χ0) is 12.1. The molecule has 1 atom stereocenters. The third-order valence-corrected chi connectivity index (χ3v) is 1.57. The van der Waals surface area contributed by atoms with Crippen LogP contribution in [0.5, 0.6) is 0 Å². The summed E-state index contributed by atoms with van der Waals surface area (Å²) in [7, 11) is 0. The van der Waals surface area contributed by atoms with E-state index >= 15 is 0 Å². The number of amides is 1. The topological polar surface area (TPSA) is 75.6 Å². The van der Waals surface area contributed by atoms with E-state index in [1.165, 1.54) is 0 Å². The lowest BCUT2D eigenvalue weighted by molar-refractivity contribution is -0.139. The zero-order valence-corrected chi connectivity index (χ0v) is 9.66. The third kappa shape index (κ3) is 6.76. The summed E-state index contributed by atoms with van der Waals surface area (Å²) in [5.41, 5.74) is -0.612. The maximum atomic E-state index is 11.3. The first-order valence-electron chi connectivity index (χ1n) is 4.98. The van der Waals surface area contributed by atoms with E-state index in [9.17, 15) is 9.59 Å². The van der Waals surface area contributed by atoms with Crippen LogP contribution in [0.2, 0.25) is 0 Å². The van der Waals surface area contributed by atoms with E-state index in [2.05, 4.69) is 5.32 Å². The van der Waals surface area contributed by atoms with Crippen molar-refractivity contribution < 1.29 is 19.4 Å². The number of carbonyl (C=O) groups is 2. The Bertz CT molecular complexity index is 232. The van der Waals surface area contributed by atoms with Gasteiger partial charge in [-0.05, 0) is 27.2 Å². The molecule has 0 unspecified atom stereocenters. The molecule has 0 saturated heterocycles.